The van der Waals surface area contributed by atoms with Gasteiger partial charge in [-0.2, -0.15) is 5.26 Å². The van der Waals surface area contributed by atoms with Crippen molar-refractivity contribution < 1.29 is 0 Å². The fourth-order valence-electron chi connectivity index (χ4n) is 4.89. The summed E-state index contributed by atoms with van der Waals surface area (Å²) in [6.07, 6.45) is 2.61. The number of pyridine rings is 2. The molecule has 0 bridgehead atoms. The van der Waals surface area contributed by atoms with Gasteiger partial charge in [-0.05, 0) is 49.4 Å². The largest absolute Gasteiger partial charge is 0.308 e. The Morgan fingerprint density at radius 2 is 1.62 bits per heavy atom. The zero-order valence-electron chi connectivity index (χ0n) is 16.4. The van der Waals surface area contributed by atoms with Gasteiger partial charge in [-0.25, -0.2) is 0 Å². The average molecular weight is 373 g/mol. The van der Waals surface area contributed by atoms with Gasteiger partial charge in [0.15, 0.2) is 0 Å². The lowest BCUT2D eigenvalue weighted by molar-refractivity contribution is 0.495. The molecule has 0 atom stereocenters. The molecule has 0 saturated carbocycles. The van der Waals surface area contributed by atoms with Crippen LogP contribution in [-0.4, -0.2) is 9.38 Å². The van der Waals surface area contributed by atoms with Crippen LogP contribution in [0.3, 0.4) is 0 Å². The van der Waals surface area contributed by atoms with E-state index in [-0.39, 0.29) is 0 Å². The third kappa shape index (κ3) is 2.09. The van der Waals surface area contributed by atoms with Crippen molar-refractivity contribution in [3.05, 3.63) is 72.4 Å². The quantitative estimate of drug-likeness (QED) is 0.257. The van der Waals surface area contributed by atoms with Gasteiger partial charge in [-0.15, -0.1) is 0 Å². The molecule has 0 radical (unpaired) electrons. The molecule has 0 aliphatic rings. The smallest absolute Gasteiger partial charge is 0.0822 e. The van der Waals surface area contributed by atoms with Gasteiger partial charge >= 0.3 is 0 Å². The highest BCUT2D eigenvalue weighted by Crippen LogP contribution is 2.43. The monoisotopic (exact) mass is 373 g/mol. The lowest BCUT2D eigenvalue weighted by Crippen LogP contribution is -2.12. The number of aromatic nitrogens is 2. The summed E-state index contributed by atoms with van der Waals surface area (Å²) in [6.45, 7) is 4.03. The summed E-state index contributed by atoms with van der Waals surface area (Å²) in [5.74, 6) is 0. The van der Waals surface area contributed by atoms with E-state index < -0.39 is 5.41 Å². The summed E-state index contributed by atoms with van der Waals surface area (Å²) in [6, 6.07) is 23.9. The van der Waals surface area contributed by atoms with Gasteiger partial charge in [0.1, 0.15) is 0 Å². The van der Waals surface area contributed by atoms with E-state index in [1.54, 1.807) is 0 Å². The highest BCUT2D eigenvalue weighted by molar-refractivity contribution is 6.28. The third-order valence-electron chi connectivity index (χ3n) is 6.08. The summed E-state index contributed by atoms with van der Waals surface area (Å²) in [4.78, 5) is 4.79. The third-order valence-corrected chi connectivity index (χ3v) is 6.08. The number of nitrogens with zero attached hydrogens (tertiary/aromatic N) is 3. The Morgan fingerprint density at radius 1 is 0.931 bits per heavy atom. The van der Waals surface area contributed by atoms with Gasteiger partial charge in [-0.3, -0.25) is 4.98 Å². The van der Waals surface area contributed by atoms with Crippen LogP contribution >= 0.6 is 0 Å². The van der Waals surface area contributed by atoms with Crippen LogP contribution in [0.2, 0.25) is 0 Å². The van der Waals surface area contributed by atoms with Crippen molar-refractivity contribution in [3.63, 3.8) is 0 Å². The van der Waals surface area contributed by atoms with Gasteiger partial charge in [0.05, 0.1) is 33.6 Å². The lowest BCUT2D eigenvalue weighted by atomic mass is 9.84. The van der Waals surface area contributed by atoms with Crippen LogP contribution in [0.15, 0.2) is 66.9 Å². The molecule has 0 fully saturated rings. The van der Waals surface area contributed by atoms with Gasteiger partial charge in [0, 0.05) is 27.7 Å². The molecule has 0 unspecified atom stereocenters. The lowest BCUT2D eigenvalue weighted by Gasteiger charge is -2.18. The van der Waals surface area contributed by atoms with Gasteiger partial charge in [0.25, 0.3) is 0 Å². The minimum atomic E-state index is -0.429. The normalized spacial score (nSPS) is 12.6. The van der Waals surface area contributed by atoms with E-state index in [4.69, 9.17) is 4.98 Å². The van der Waals surface area contributed by atoms with Crippen LogP contribution in [0.5, 0.6) is 0 Å². The first-order valence-electron chi connectivity index (χ1n) is 9.94. The molecule has 3 heterocycles. The predicted octanol–water partition coefficient (Wildman–Crippen LogP) is 6.48. The van der Waals surface area contributed by atoms with Crippen molar-refractivity contribution in [3.8, 4) is 6.07 Å². The first-order chi connectivity index (χ1) is 14.1. The van der Waals surface area contributed by atoms with E-state index >= 15 is 0 Å². The van der Waals surface area contributed by atoms with Crippen LogP contribution in [-0.2, 0) is 6.42 Å². The number of benzene rings is 3. The summed E-state index contributed by atoms with van der Waals surface area (Å²) in [5.41, 5.74) is 5.43. The van der Waals surface area contributed by atoms with Crippen LogP contribution in [0, 0.1) is 16.7 Å². The van der Waals surface area contributed by atoms with Crippen LogP contribution in [0.25, 0.3) is 49.0 Å². The van der Waals surface area contributed by atoms with E-state index in [1.165, 1.54) is 49.0 Å². The molecule has 138 valence electrons. The van der Waals surface area contributed by atoms with Crippen molar-refractivity contribution in [2.45, 2.75) is 20.3 Å². The van der Waals surface area contributed by atoms with E-state index in [0.717, 1.165) is 5.52 Å². The Bertz CT molecular complexity index is 1610. The Hall–Kier alpha value is -3.64. The summed E-state index contributed by atoms with van der Waals surface area (Å²) in [5, 5.41) is 15.7. The number of rotatable bonds is 2. The number of hydrogen-bond acceptors (Lipinski definition) is 2. The molecule has 29 heavy (non-hydrogen) atoms. The van der Waals surface area contributed by atoms with E-state index in [9.17, 15) is 5.26 Å². The molecule has 0 aliphatic carbocycles. The number of para-hydroxylation sites is 2. The topological polar surface area (TPSA) is 41.1 Å². The second-order valence-corrected chi connectivity index (χ2v) is 8.56. The van der Waals surface area contributed by atoms with Crippen molar-refractivity contribution in [1.29, 1.82) is 5.26 Å². The Kier molecular flexibility index (Phi) is 3.07. The fraction of sp³-hybridized carbons (Fsp3) is 0.154. The van der Waals surface area contributed by atoms with Crippen LogP contribution < -0.4 is 0 Å². The summed E-state index contributed by atoms with van der Waals surface area (Å²) in [7, 11) is 0. The molecule has 0 aliphatic heterocycles. The maximum Gasteiger partial charge on any atom is 0.0822 e. The van der Waals surface area contributed by atoms with Crippen molar-refractivity contribution in [2.24, 2.45) is 5.41 Å². The summed E-state index contributed by atoms with van der Waals surface area (Å²) < 4.78 is 2.39. The molecular weight excluding hydrogens is 354 g/mol. The maximum atomic E-state index is 9.68. The number of hydrogen-bond donors (Lipinski definition) is 0. The SMILES string of the molecule is CC(C)(C#N)Cc1cc2ccnc3c4ccccc4n4c5ccccc5c1c4c23. The molecule has 0 N–H and O–H groups in total. The standard InChI is InChI=1S/C26H19N3/c1-26(2,15-27)14-17-13-16-11-12-28-24-19-8-4-6-10-21(19)29-20-9-5-3-7-18(20)22(17)25(29)23(16)24/h3-13H,14H2,1-2H3. The van der Waals surface area contributed by atoms with E-state index in [1.807, 2.05) is 20.0 Å². The van der Waals surface area contributed by atoms with Gasteiger partial charge in [-0.1, -0.05) is 42.5 Å². The molecule has 3 nitrogen and oxygen atoms in total. The van der Waals surface area contributed by atoms with Gasteiger partial charge in [0.2, 0.25) is 0 Å². The van der Waals surface area contributed by atoms with Crippen LogP contribution in [0.1, 0.15) is 19.4 Å². The summed E-state index contributed by atoms with van der Waals surface area (Å²) >= 11 is 0. The second-order valence-electron chi connectivity index (χ2n) is 8.56. The Labute approximate surface area is 168 Å². The predicted molar refractivity (Wildman–Crippen MR) is 120 cm³/mol. The molecule has 0 amide bonds. The Balaban J connectivity index is 1.97. The highest BCUT2D eigenvalue weighted by Gasteiger charge is 2.24. The van der Waals surface area contributed by atoms with Crippen molar-refractivity contribution >= 4 is 49.0 Å². The second kappa shape index (κ2) is 5.46. The molecule has 6 aromatic rings. The van der Waals surface area contributed by atoms with Gasteiger partial charge < -0.3 is 4.40 Å². The molecule has 3 heteroatoms. The first-order valence-corrected chi connectivity index (χ1v) is 9.94. The Morgan fingerprint density at radius 3 is 2.38 bits per heavy atom. The molecule has 6 rings (SSSR count). The molecule has 0 spiro atoms. The van der Waals surface area contributed by atoms with Crippen molar-refractivity contribution in [2.75, 3.05) is 0 Å². The molecular formula is C26H19N3. The molecule has 0 saturated heterocycles. The molecule has 3 aromatic heterocycles. The minimum absolute atomic E-state index is 0.429. The number of nitriles is 1. The van der Waals surface area contributed by atoms with Crippen LogP contribution in [0.4, 0.5) is 0 Å². The van der Waals surface area contributed by atoms with Crippen molar-refractivity contribution in [1.82, 2.24) is 9.38 Å². The first kappa shape index (κ1) is 16.3. The zero-order valence-corrected chi connectivity index (χ0v) is 16.4. The highest BCUT2D eigenvalue weighted by atomic mass is 14.9. The zero-order chi connectivity index (χ0) is 19.8. The molecule has 3 aromatic carbocycles. The van der Waals surface area contributed by atoms with E-state index in [0.29, 0.717) is 6.42 Å². The minimum Gasteiger partial charge on any atom is -0.308 e. The average Bonchev–Trinajstić information content (AvgIpc) is 3.09. The fourth-order valence-corrected chi connectivity index (χ4v) is 4.89. The number of fused-ring (bicyclic) bond motifs is 6. The van der Waals surface area contributed by atoms with E-state index in [2.05, 4.69) is 71.1 Å². The maximum absolute atomic E-state index is 9.68.